The van der Waals surface area contributed by atoms with E-state index in [1.54, 1.807) is 6.08 Å². The van der Waals surface area contributed by atoms with Crippen LogP contribution >= 0.6 is 0 Å². The Morgan fingerprint density at radius 2 is 1.88 bits per heavy atom. The van der Waals surface area contributed by atoms with Crippen LogP contribution in [0.25, 0.3) is 6.08 Å². The van der Waals surface area contributed by atoms with Crippen LogP contribution in [0.3, 0.4) is 0 Å². The molecule has 0 aromatic heterocycles. The summed E-state index contributed by atoms with van der Waals surface area (Å²) in [5.41, 5.74) is 2.16. The second-order valence-electron chi connectivity index (χ2n) is 6.41. The maximum absolute atomic E-state index is 11.9. The number of morpholine rings is 1. The zero-order valence-corrected chi connectivity index (χ0v) is 15.3. The molecule has 1 fully saturated rings. The molecule has 5 heteroatoms. The Bertz CT molecular complexity index is 547. The summed E-state index contributed by atoms with van der Waals surface area (Å²) in [5, 5.41) is 12.8. The minimum atomic E-state index is -0.486. The molecule has 25 heavy (non-hydrogen) atoms. The highest BCUT2D eigenvalue weighted by molar-refractivity contribution is 5.91. The van der Waals surface area contributed by atoms with Crippen LogP contribution in [-0.4, -0.2) is 50.0 Å². The molecule has 1 saturated heterocycles. The van der Waals surface area contributed by atoms with Crippen molar-refractivity contribution in [2.45, 2.75) is 32.8 Å². The lowest BCUT2D eigenvalue weighted by Gasteiger charge is -2.28. The van der Waals surface area contributed by atoms with Crippen LogP contribution in [0.2, 0.25) is 0 Å². The molecule has 0 saturated carbocycles. The van der Waals surface area contributed by atoms with E-state index in [2.05, 4.69) is 36.2 Å². The van der Waals surface area contributed by atoms with Gasteiger partial charge in [0.25, 0.3) is 0 Å². The van der Waals surface area contributed by atoms with Crippen LogP contribution in [-0.2, 0) is 9.53 Å². The number of aliphatic hydroxyl groups excluding tert-OH is 1. The molecule has 1 atom stereocenters. The zero-order chi connectivity index (χ0) is 18.1. The largest absolute Gasteiger partial charge is 0.391 e. The van der Waals surface area contributed by atoms with Gasteiger partial charge in [0.1, 0.15) is 0 Å². The first-order chi connectivity index (χ1) is 12.1. The van der Waals surface area contributed by atoms with E-state index in [-0.39, 0.29) is 11.8 Å². The van der Waals surface area contributed by atoms with Crippen LogP contribution in [0.4, 0.5) is 5.69 Å². The minimum Gasteiger partial charge on any atom is -0.391 e. The number of ether oxygens (including phenoxy) is 1. The van der Waals surface area contributed by atoms with Crippen LogP contribution in [0.1, 0.15) is 32.3 Å². The quantitative estimate of drug-likeness (QED) is 0.710. The normalized spacial score (nSPS) is 16.4. The molecule has 1 aliphatic rings. The van der Waals surface area contributed by atoms with E-state index >= 15 is 0 Å². The standard InChI is InChI=1S/C20H30N2O3/c1-3-17(4-2)19(23)15-21-20(24)10-7-16-5-8-18(9-6-16)22-11-13-25-14-12-22/h5-10,17,19,23H,3-4,11-15H2,1-2H3,(H,21,24)/b10-7+. The van der Waals surface area contributed by atoms with Crippen molar-refractivity contribution in [2.75, 3.05) is 37.7 Å². The third-order valence-electron chi connectivity index (χ3n) is 4.77. The topological polar surface area (TPSA) is 61.8 Å². The van der Waals surface area contributed by atoms with Gasteiger partial charge < -0.3 is 20.1 Å². The minimum absolute atomic E-state index is 0.178. The first-order valence-corrected chi connectivity index (χ1v) is 9.20. The van der Waals surface area contributed by atoms with Gasteiger partial charge in [-0.3, -0.25) is 4.79 Å². The maximum atomic E-state index is 11.9. The predicted molar refractivity (Wildman–Crippen MR) is 102 cm³/mol. The van der Waals surface area contributed by atoms with E-state index < -0.39 is 6.10 Å². The molecular weight excluding hydrogens is 316 g/mol. The van der Waals surface area contributed by atoms with Gasteiger partial charge in [-0.1, -0.05) is 38.8 Å². The molecule has 0 aliphatic carbocycles. The van der Waals surface area contributed by atoms with E-state index in [4.69, 9.17) is 4.74 Å². The Balaban J connectivity index is 1.81. The second kappa shape index (κ2) is 10.2. The number of carbonyl (C=O) groups is 1. The Morgan fingerprint density at radius 1 is 1.24 bits per heavy atom. The number of hydrogen-bond acceptors (Lipinski definition) is 4. The van der Waals surface area contributed by atoms with Crippen LogP contribution in [0.15, 0.2) is 30.3 Å². The number of anilines is 1. The van der Waals surface area contributed by atoms with Gasteiger partial charge in [-0.25, -0.2) is 0 Å². The molecule has 2 N–H and O–H groups in total. The van der Waals surface area contributed by atoms with Gasteiger partial charge >= 0.3 is 0 Å². The van der Waals surface area contributed by atoms with Crippen molar-refractivity contribution in [2.24, 2.45) is 5.92 Å². The van der Waals surface area contributed by atoms with Crippen LogP contribution in [0.5, 0.6) is 0 Å². The van der Waals surface area contributed by atoms with Crippen molar-refractivity contribution >= 4 is 17.7 Å². The Labute approximate surface area is 150 Å². The van der Waals surface area contributed by atoms with Crippen molar-refractivity contribution in [3.63, 3.8) is 0 Å². The molecule has 5 nitrogen and oxygen atoms in total. The summed E-state index contributed by atoms with van der Waals surface area (Å²) in [6.07, 6.45) is 4.66. The first kappa shape index (κ1) is 19.5. The number of amides is 1. The summed E-state index contributed by atoms with van der Waals surface area (Å²) in [7, 11) is 0. The lowest BCUT2D eigenvalue weighted by Crippen LogP contribution is -2.36. The number of benzene rings is 1. The zero-order valence-electron chi connectivity index (χ0n) is 15.3. The third kappa shape index (κ3) is 6.18. The van der Waals surface area contributed by atoms with Crippen molar-refractivity contribution in [3.8, 4) is 0 Å². The molecule has 138 valence electrons. The third-order valence-corrected chi connectivity index (χ3v) is 4.77. The molecule has 0 bridgehead atoms. The lowest BCUT2D eigenvalue weighted by atomic mass is 9.96. The molecule has 0 spiro atoms. The molecule has 1 aliphatic heterocycles. The molecule has 1 aromatic rings. The number of nitrogens with one attached hydrogen (secondary N) is 1. The second-order valence-corrected chi connectivity index (χ2v) is 6.41. The summed E-state index contributed by atoms with van der Waals surface area (Å²) in [5.74, 6) is 0.0549. The van der Waals surface area contributed by atoms with E-state index in [0.29, 0.717) is 6.54 Å². The fraction of sp³-hybridized carbons (Fsp3) is 0.550. The van der Waals surface area contributed by atoms with Gasteiger partial charge in [-0.05, 0) is 29.7 Å². The summed E-state index contributed by atoms with van der Waals surface area (Å²) in [6.45, 7) is 7.77. The number of hydrogen-bond donors (Lipinski definition) is 2. The van der Waals surface area contributed by atoms with Gasteiger partial charge in [0.05, 0.1) is 19.3 Å². The Morgan fingerprint density at radius 3 is 2.48 bits per heavy atom. The number of carbonyl (C=O) groups excluding carboxylic acids is 1. The van der Waals surface area contributed by atoms with Crippen molar-refractivity contribution in [1.29, 1.82) is 0 Å². The van der Waals surface area contributed by atoms with E-state index in [1.165, 1.54) is 11.8 Å². The van der Waals surface area contributed by atoms with Gasteiger partial charge in [-0.2, -0.15) is 0 Å². The Kier molecular flexibility index (Phi) is 7.95. The average molecular weight is 346 g/mol. The van der Waals surface area contributed by atoms with E-state index in [9.17, 15) is 9.90 Å². The van der Waals surface area contributed by atoms with Gasteiger partial charge in [0.15, 0.2) is 0 Å². The maximum Gasteiger partial charge on any atom is 0.244 e. The number of aliphatic hydroxyl groups is 1. The molecule has 1 amide bonds. The van der Waals surface area contributed by atoms with Crippen molar-refractivity contribution in [1.82, 2.24) is 5.32 Å². The fourth-order valence-electron chi connectivity index (χ4n) is 3.05. The number of rotatable bonds is 8. The van der Waals surface area contributed by atoms with Crippen molar-refractivity contribution in [3.05, 3.63) is 35.9 Å². The van der Waals surface area contributed by atoms with Gasteiger partial charge in [-0.15, -0.1) is 0 Å². The Hall–Kier alpha value is -1.85. The van der Waals surface area contributed by atoms with Gasteiger partial charge in [0.2, 0.25) is 5.91 Å². The molecule has 1 aromatic carbocycles. The molecular formula is C20H30N2O3. The average Bonchev–Trinajstić information content (AvgIpc) is 2.67. The van der Waals surface area contributed by atoms with Gasteiger partial charge in [0, 0.05) is 31.4 Å². The summed E-state index contributed by atoms with van der Waals surface area (Å²) >= 11 is 0. The summed E-state index contributed by atoms with van der Waals surface area (Å²) < 4.78 is 5.36. The lowest BCUT2D eigenvalue weighted by molar-refractivity contribution is -0.117. The van der Waals surface area contributed by atoms with Crippen molar-refractivity contribution < 1.29 is 14.6 Å². The number of nitrogens with zero attached hydrogens (tertiary/aromatic N) is 1. The van der Waals surface area contributed by atoms with Crippen LogP contribution in [0, 0.1) is 5.92 Å². The fourth-order valence-corrected chi connectivity index (χ4v) is 3.05. The summed E-state index contributed by atoms with van der Waals surface area (Å²) in [6, 6.07) is 8.15. The smallest absolute Gasteiger partial charge is 0.244 e. The molecule has 2 rings (SSSR count). The molecule has 0 radical (unpaired) electrons. The monoisotopic (exact) mass is 346 g/mol. The first-order valence-electron chi connectivity index (χ1n) is 9.20. The molecule has 1 unspecified atom stereocenters. The summed E-state index contributed by atoms with van der Waals surface area (Å²) in [4.78, 5) is 14.2. The van der Waals surface area contributed by atoms with Crippen LogP contribution < -0.4 is 10.2 Å². The predicted octanol–water partition coefficient (Wildman–Crippen LogP) is 2.45. The SMILES string of the molecule is CCC(CC)C(O)CNC(=O)/C=C/c1ccc(N2CCOCC2)cc1. The highest BCUT2D eigenvalue weighted by atomic mass is 16.5. The van der Waals surface area contributed by atoms with E-state index in [1.807, 2.05) is 12.1 Å². The highest BCUT2D eigenvalue weighted by Gasteiger charge is 2.15. The molecule has 1 heterocycles. The van der Waals surface area contributed by atoms with E-state index in [0.717, 1.165) is 44.7 Å². The highest BCUT2D eigenvalue weighted by Crippen LogP contribution is 2.17.